The van der Waals surface area contributed by atoms with Crippen LogP contribution in [0.2, 0.25) is 0 Å². The van der Waals surface area contributed by atoms with Gasteiger partial charge in [-0.05, 0) is 30.5 Å². The van der Waals surface area contributed by atoms with Crippen LogP contribution in [0.25, 0.3) is 0 Å². The first-order valence-corrected chi connectivity index (χ1v) is 11.7. The van der Waals surface area contributed by atoms with Crippen LogP contribution in [0, 0.1) is 0 Å². The highest BCUT2D eigenvalue weighted by Gasteiger charge is 2.17. The van der Waals surface area contributed by atoms with Gasteiger partial charge in [-0.15, -0.1) is 0 Å². The predicted molar refractivity (Wildman–Crippen MR) is 158 cm³/mol. The summed E-state index contributed by atoms with van der Waals surface area (Å²) in [7, 11) is 0. The van der Waals surface area contributed by atoms with Gasteiger partial charge in [-0.1, -0.05) is 35.8 Å². The van der Waals surface area contributed by atoms with E-state index in [-0.39, 0.29) is 112 Å². The highest BCUT2D eigenvalue weighted by atomic mass is 16.6. The van der Waals surface area contributed by atoms with Crippen molar-refractivity contribution in [3.63, 3.8) is 0 Å². The number of Topliss-reactive ketones (excluding diaryl/α,β-unsaturated/α-hetero) is 1. The largest absolute Gasteiger partial charge is 0.490 e. The molecule has 12 nitrogen and oxygen atoms in total. The topological polar surface area (TPSA) is 166 Å². The monoisotopic (exact) mass is 591 g/mol. The molecule has 0 unspecified atom stereocenters. The Hall–Kier alpha value is -3.35. The number of ketones is 1. The number of aliphatic hydroxyl groups excluding tert-OH is 2. The van der Waals surface area contributed by atoms with E-state index in [4.69, 9.17) is 34.0 Å². The molecule has 0 aliphatic carbocycles. The Labute approximate surface area is 245 Å². The summed E-state index contributed by atoms with van der Waals surface area (Å²) in [5, 5.41) is 17.8. The second-order valence-corrected chi connectivity index (χ2v) is 7.62. The van der Waals surface area contributed by atoms with Crippen LogP contribution in [0.4, 0.5) is 0 Å². The van der Waals surface area contributed by atoms with Crippen molar-refractivity contribution in [3.05, 3.63) is 23.8 Å². The van der Waals surface area contributed by atoms with Crippen LogP contribution in [0.5, 0.6) is 11.5 Å². The highest BCUT2D eigenvalue weighted by Crippen LogP contribution is 2.29. The summed E-state index contributed by atoms with van der Waals surface area (Å²) in [6.07, 6.45) is 0.886. The number of nitrogens with zero attached hydrogens (tertiary/aromatic N) is 1. The minimum atomic E-state index is -0.522. The molecular formula is C29H53NO11. The third-order valence-electron chi connectivity index (χ3n) is 4.56. The first-order chi connectivity index (χ1) is 17.8. The van der Waals surface area contributed by atoms with E-state index in [1.54, 1.807) is 12.1 Å². The lowest BCUT2D eigenvalue weighted by molar-refractivity contribution is -0.142. The summed E-state index contributed by atoms with van der Waals surface area (Å²) in [6, 6.07) is 4.77. The minimum absolute atomic E-state index is 0. The Balaban J connectivity index is -0.000000703. The van der Waals surface area contributed by atoms with E-state index in [0.717, 1.165) is 0 Å². The molecule has 0 saturated carbocycles. The molecule has 1 amide bonds. The number of aliphatic hydroxyl groups is 2. The number of esters is 2. The van der Waals surface area contributed by atoms with Gasteiger partial charge in [0.25, 0.3) is 0 Å². The van der Waals surface area contributed by atoms with E-state index in [0.29, 0.717) is 25.0 Å². The molecule has 0 radical (unpaired) electrons. The Morgan fingerprint density at radius 2 is 1.49 bits per heavy atom. The minimum Gasteiger partial charge on any atom is -0.490 e. The predicted octanol–water partition coefficient (Wildman–Crippen LogP) is 3.37. The molecule has 0 aliphatic heterocycles. The van der Waals surface area contributed by atoms with E-state index >= 15 is 0 Å². The van der Waals surface area contributed by atoms with Crippen molar-refractivity contribution in [2.45, 2.75) is 75.8 Å². The van der Waals surface area contributed by atoms with Gasteiger partial charge in [0.1, 0.15) is 13.4 Å². The molecule has 0 saturated heterocycles. The van der Waals surface area contributed by atoms with Gasteiger partial charge in [0.05, 0.1) is 26.4 Å². The highest BCUT2D eigenvalue weighted by molar-refractivity contribution is 5.86. The molecule has 0 fully saturated rings. The zero-order valence-electron chi connectivity index (χ0n) is 21.4. The number of carbonyl (C=O) groups is 5. The third-order valence-corrected chi connectivity index (χ3v) is 4.56. The van der Waals surface area contributed by atoms with Crippen molar-refractivity contribution in [2.24, 2.45) is 0 Å². The Morgan fingerprint density at radius 3 is 2.05 bits per heavy atom. The Morgan fingerprint density at radius 1 is 0.829 bits per heavy atom. The molecule has 0 bridgehead atoms. The molecule has 0 atom stereocenters. The van der Waals surface area contributed by atoms with Gasteiger partial charge in [0, 0.05) is 46.4 Å². The molecule has 240 valence electrons. The van der Waals surface area contributed by atoms with Crippen LogP contribution < -0.4 is 9.47 Å². The standard InChI is InChI=1S/C24H35NO10.CH2O.4CH4/c1-18(28)34-17-20-6-7-22(35-19(2)29)23(15-20)33-13-3-5-21(30)16-25(24(31)8-11-27)9-14-32-12-4-10-26;1-2;;;;/h6-7,15,26-27H,3-5,8-14,16-17H2,1-2H3;1H2;4*1H4. The number of benzene rings is 1. The maximum absolute atomic E-state index is 12.4. The van der Waals surface area contributed by atoms with Crippen molar-refractivity contribution in [3.8, 4) is 11.5 Å². The summed E-state index contributed by atoms with van der Waals surface area (Å²) in [5.74, 6) is -1.00. The summed E-state index contributed by atoms with van der Waals surface area (Å²) in [5.41, 5.74) is 0.640. The van der Waals surface area contributed by atoms with E-state index in [1.165, 1.54) is 24.8 Å². The normalized spacial score (nSPS) is 9.07. The van der Waals surface area contributed by atoms with Crippen LogP contribution in [0.3, 0.4) is 0 Å². The lowest BCUT2D eigenvalue weighted by Crippen LogP contribution is -2.38. The van der Waals surface area contributed by atoms with Crippen molar-refractivity contribution in [1.82, 2.24) is 4.90 Å². The van der Waals surface area contributed by atoms with Gasteiger partial charge >= 0.3 is 11.9 Å². The van der Waals surface area contributed by atoms with E-state index in [2.05, 4.69) is 0 Å². The van der Waals surface area contributed by atoms with Crippen LogP contribution >= 0.6 is 0 Å². The first-order valence-electron chi connectivity index (χ1n) is 11.7. The number of amides is 1. The molecule has 0 aliphatic rings. The van der Waals surface area contributed by atoms with Gasteiger partial charge < -0.3 is 38.9 Å². The first kappa shape index (κ1) is 47.4. The van der Waals surface area contributed by atoms with Crippen LogP contribution in [-0.4, -0.2) is 91.7 Å². The van der Waals surface area contributed by atoms with Gasteiger partial charge in [-0.25, -0.2) is 0 Å². The van der Waals surface area contributed by atoms with Crippen molar-refractivity contribution in [2.75, 3.05) is 46.1 Å². The lowest BCUT2D eigenvalue weighted by Gasteiger charge is -2.22. The molecular weight excluding hydrogens is 538 g/mol. The summed E-state index contributed by atoms with van der Waals surface area (Å²) >= 11 is 0. The quantitative estimate of drug-likeness (QED) is 0.146. The summed E-state index contributed by atoms with van der Waals surface area (Å²) in [6.45, 7) is 5.08. The smallest absolute Gasteiger partial charge is 0.308 e. The maximum Gasteiger partial charge on any atom is 0.308 e. The number of hydrogen-bond donors (Lipinski definition) is 2. The lowest BCUT2D eigenvalue weighted by atomic mass is 10.2. The SMILES string of the molecule is C.C.C.C.C=O.CC(=O)OCc1ccc(OC(C)=O)c(OCCCC(=O)CN(CCOCCCO)C(=O)CCO)c1. The summed E-state index contributed by atoms with van der Waals surface area (Å²) < 4.78 is 21.1. The molecule has 41 heavy (non-hydrogen) atoms. The van der Waals surface area contributed by atoms with Gasteiger partial charge in [-0.2, -0.15) is 0 Å². The number of rotatable bonds is 18. The number of ether oxygens (including phenoxy) is 4. The molecule has 0 heterocycles. The molecule has 1 rings (SSSR count). The van der Waals surface area contributed by atoms with E-state index in [1.807, 2.05) is 6.79 Å². The second kappa shape index (κ2) is 29.6. The molecule has 2 N–H and O–H groups in total. The second-order valence-electron chi connectivity index (χ2n) is 7.62. The fourth-order valence-corrected chi connectivity index (χ4v) is 2.91. The van der Waals surface area contributed by atoms with Crippen LogP contribution in [0.15, 0.2) is 18.2 Å². The molecule has 1 aromatic carbocycles. The molecule has 1 aromatic rings. The van der Waals surface area contributed by atoms with Crippen molar-refractivity contribution >= 4 is 30.4 Å². The number of carbonyl (C=O) groups excluding carboxylic acids is 5. The van der Waals surface area contributed by atoms with Crippen LogP contribution in [-0.2, 0) is 40.1 Å². The molecule has 0 spiro atoms. The Kier molecular flexibility index (Phi) is 34.3. The zero-order chi connectivity index (χ0) is 28.1. The van der Waals surface area contributed by atoms with Crippen molar-refractivity contribution in [1.29, 1.82) is 0 Å². The number of hydrogen-bond acceptors (Lipinski definition) is 11. The fraction of sp³-hybridized carbons (Fsp3) is 0.621. The molecule has 0 aromatic heterocycles. The van der Waals surface area contributed by atoms with E-state index < -0.39 is 11.9 Å². The molecule has 12 heteroatoms. The van der Waals surface area contributed by atoms with Crippen LogP contribution in [0.1, 0.15) is 74.8 Å². The summed E-state index contributed by atoms with van der Waals surface area (Å²) in [4.78, 5) is 56.3. The zero-order valence-corrected chi connectivity index (χ0v) is 21.4. The average Bonchev–Trinajstić information content (AvgIpc) is 2.86. The van der Waals surface area contributed by atoms with Gasteiger partial charge in [-0.3, -0.25) is 19.2 Å². The van der Waals surface area contributed by atoms with Crippen molar-refractivity contribution < 1.29 is 53.1 Å². The fourth-order valence-electron chi connectivity index (χ4n) is 2.91. The van der Waals surface area contributed by atoms with Gasteiger partial charge in [0.2, 0.25) is 5.91 Å². The van der Waals surface area contributed by atoms with Gasteiger partial charge in [0.15, 0.2) is 17.3 Å². The third kappa shape index (κ3) is 23.1. The van der Waals surface area contributed by atoms with E-state index in [9.17, 15) is 19.2 Å². The average molecular weight is 592 g/mol. The maximum atomic E-state index is 12.4. The Bertz CT molecular complexity index is 846.